The standard InChI is InChI=1S/C17H21N3O3S.C11H24O/c1-11-6-5-7-12(8-11)13-10-24-15(19-13)20-14(21)9-18-16(22)23-17(2,3)4;1-5-7-11(12-4)9-8-10(3)6-2/h5-8,10H,9H2,1-4H3,(H,18,22)(H,19,20,21);10-11H,5-9H2,1-4H3. The number of benzene rings is 1. The summed E-state index contributed by atoms with van der Waals surface area (Å²) in [6.07, 6.45) is 6.17. The van der Waals surface area contributed by atoms with Gasteiger partial charge in [0.1, 0.15) is 12.1 Å². The molecule has 0 aliphatic heterocycles. The van der Waals surface area contributed by atoms with Gasteiger partial charge in [-0.1, -0.05) is 57.4 Å². The number of amides is 2. The molecule has 1 aromatic carbocycles. The lowest BCUT2D eigenvalue weighted by Gasteiger charge is -2.19. The molecule has 202 valence electrons. The first-order chi connectivity index (χ1) is 17.0. The molecule has 2 atom stereocenters. The summed E-state index contributed by atoms with van der Waals surface area (Å²) in [7, 11) is 1.83. The molecule has 0 bridgehead atoms. The van der Waals surface area contributed by atoms with Crippen LogP contribution >= 0.6 is 11.3 Å². The Hall–Kier alpha value is -2.45. The van der Waals surface area contributed by atoms with Crippen molar-refractivity contribution in [3.05, 3.63) is 35.2 Å². The lowest BCUT2D eigenvalue weighted by molar-refractivity contribution is -0.115. The number of methoxy groups -OCH3 is 1. The Labute approximate surface area is 221 Å². The summed E-state index contributed by atoms with van der Waals surface area (Å²) in [5.74, 6) is 0.505. The van der Waals surface area contributed by atoms with Crippen LogP contribution in [0.1, 0.15) is 79.2 Å². The van der Waals surface area contributed by atoms with E-state index in [1.165, 1.54) is 43.4 Å². The van der Waals surface area contributed by atoms with E-state index in [0.717, 1.165) is 22.7 Å². The number of ether oxygens (including phenoxy) is 2. The van der Waals surface area contributed by atoms with E-state index in [2.05, 4.69) is 36.4 Å². The van der Waals surface area contributed by atoms with Gasteiger partial charge in [0, 0.05) is 18.1 Å². The molecule has 36 heavy (non-hydrogen) atoms. The van der Waals surface area contributed by atoms with Gasteiger partial charge in [0.05, 0.1) is 11.8 Å². The third-order valence-electron chi connectivity index (χ3n) is 5.48. The number of nitrogens with zero attached hydrogens (tertiary/aromatic N) is 1. The number of hydrogen-bond acceptors (Lipinski definition) is 6. The SMILES string of the molecule is CCCC(CCC(C)CC)OC.Cc1cccc(-c2csc(NC(=O)CNC(=O)OC(C)(C)C)n2)c1. The normalized spacial score (nSPS) is 12.7. The van der Waals surface area contributed by atoms with Crippen molar-refractivity contribution in [2.45, 2.75) is 92.3 Å². The highest BCUT2D eigenvalue weighted by molar-refractivity contribution is 7.14. The van der Waals surface area contributed by atoms with E-state index in [0.29, 0.717) is 11.2 Å². The van der Waals surface area contributed by atoms with Crippen molar-refractivity contribution in [3.8, 4) is 11.3 Å². The van der Waals surface area contributed by atoms with Crippen LogP contribution in [-0.2, 0) is 14.3 Å². The van der Waals surface area contributed by atoms with Crippen LogP contribution in [0.3, 0.4) is 0 Å². The zero-order valence-electron chi connectivity index (χ0n) is 23.3. The number of carbonyl (C=O) groups is 2. The topological polar surface area (TPSA) is 89.6 Å². The third kappa shape index (κ3) is 13.6. The highest BCUT2D eigenvalue weighted by Gasteiger charge is 2.17. The molecule has 0 saturated heterocycles. The van der Waals surface area contributed by atoms with Crippen LogP contribution in [0.5, 0.6) is 0 Å². The Kier molecular flexibility index (Phi) is 14.3. The first-order valence-electron chi connectivity index (χ1n) is 12.8. The van der Waals surface area contributed by atoms with Crippen molar-refractivity contribution in [2.24, 2.45) is 5.92 Å². The van der Waals surface area contributed by atoms with E-state index in [9.17, 15) is 9.59 Å². The molecular weight excluding hydrogens is 474 g/mol. The number of anilines is 1. The maximum absolute atomic E-state index is 11.9. The molecule has 0 saturated carbocycles. The van der Waals surface area contributed by atoms with Crippen LogP contribution in [0, 0.1) is 12.8 Å². The zero-order chi connectivity index (χ0) is 27.1. The Morgan fingerprint density at radius 3 is 2.44 bits per heavy atom. The minimum atomic E-state index is -0.628. The number of hydrogen-bond donors (Lipinski definition) is 2. The van der Waals surface area contributed by atoms with Gasteiger partial charge in [-0.05, 0) is 58.9 Å². The fourth-order valence-corrected chi connectivity index (χ4v) is 4.01. The maximum atomic E-state index is 11.9. The molecule has 0 aliphatic carbocycles. The second-order valence-corrected chi connectivity index (χ2v) is 10.9. The van der Waals surface area contributed by atoms with E-state index < -0.39 is 11.7 Å². The predicted octanol–water partition coefficient (Wildman–Crippen LogP) is 7.21. The molecule has 8 heteroatoms. The van der Waals surface area contributed by atoms with Crippen LogP contribution in [0.15, 0.2) is 29.6 Å². The summed E-state index contributed by atoms with van der Waals surface area (Å²) in [6.45, 7) is 13.9. The lowest BCUT2D eigenvalue weighted by Crippen LogP contribution is -2.37. The number of aromatic nitrogens is 1. The summed E-state index contributed by atoms with van der Waals surface area (Å²) in [6, 6.07) is 7.98. The van der Waals surface area contributed by atoms with Crippen LogP contribution in [0.4, 0.5) is 9.93 Å². The number of nitrogens with one attached hydrogen (secondary N) is 2. The smallest absolute Gasteiger partial charge is 0.408 e. The molecular formula is C28H45N3O4S. The summed E-state index contributed by atoms with van der Waals surface area (Å²) >= 11 is 1.34. The maximum Gasteiger partial charge on any atom is 0.408 e. The molecule has 2 N–H and O–H groups in total. The molecule has 1 aromatic heterocycles. The Morgan fingerprint density at radius 1 is 1.14 bits per heavy atom. The third-order valence-corrected chi connectivity index (χ3v) is 6.24. The van der Waals surface area contributed by atoms with Crippen LogP contribution in [-0.4, -0.2) is 42.3 Å². The first kappa shape index (κ1) is 31.6. The Bertz CT molecular complexity index is 924. The second kappa shape index (κ2) is 16.3. The molecule has 0 spiro atoms. The lowest BCUT2D eigenvalue weighted by atomic mass is 9.99. The number of rotatable bonds is 11. The minimum Gasteiger partial charge on any atom is -0.444 e. The van der Waals surface area contributed by atoms with E-state index in [4.69, 9.17) is 9.47 Å². The van der Waals surface area contributed by atoms with E-state index in [1.807, 2.05) is 43.7 Å². The summed E-state index contributed by atoms with van der Waals surface area (Å²) in [5.41, 5.74) is 2.35. The van der Waals surface area contributed by atoms with Gasteiger partial charge in [0.15, 0.2) is 5.13 Å². The average molecular weight is 520 g/mol. The molecule has 0 aliphatic rings. The van der Waals surface area contributed by atoms with Crippen molar-refractivity contribution < 1.29 is 19.1 Å². The molecule has 2 aromatic rings. The van der Waals surface area contributed by atoms with Gasteiger partial charge in [0.2, 0.25) is 5.91 Å². The fraction of sp³-hybridized carbons (Fsp3) is 0.607. The van der Waals surface area contributed by atoms with Crippen molar-refractivity contribution in [1.82, 2.24) is 10.3 Å². The fourth-order valence-electron chi connectivity index (χ4n) is 3.27. The molecule has 0 radical (unpaired) electrons. The van der Waals surface area contributed by atoms with Gasteiger partial charge < -0.3 is 20.1 Å². The quantitative estimate of drug-likeness (QED) is 0.327. The predicted molar refractivity (Wildman–Crippen MR) is 150 cm³/mol. The molecule has 2 unspecified atom stereocenters. The van der Waals surface area contributed by atoms with Crippen molar-refractivity contribution >= 4 is 28.5 Å². The first-order valence-corrected chi connectivity index (χ1v) is 13.7. The van der Waals surface area contributed by atoms with Crippen molar-refractivity contribution in [2.75, 3.05) is 19.0 Å². The van der Waals surface area contributed by atoms with Crippen LogP contribution in [0.25, 0.3) is 11.3 Å². The van der Waals surface area contributed by atoms with E-state index in [1.54, 1.807) is 20.8 Å². The molecule has 1 heterocycles. The number of thiazole rings is 1. The number of aryl methyl sites for hydroxylation is 1. The van der Waals surface area contributed by atoms with E-state index >= 15 is 0 Å². The summed E-state index contributed by atoms with van der Waals surface area (Å²) in [5, 5.41) is 7.44. The number of alkyl carbamates (subject to hydrolysis) is 1. The van der Waals surface area contributed by atoms with Crippen molar-refractivity contribution in [3.63, 3.8) is 0 Å². The Balaban J connectivity index is 0.000000457. The molecule has 2 rings (SSSR count). The second-order valence-electron chi connectivity index (χ2n) is 10.0. The summed E-state index contributed by atoms with van der Waals surface area (Å²) < 4.78 is 10.5. The highest BCUT2D eigenvalue weighted by atomic mass is 32.1. The molecule has 2 amide bonds. The van der Waals surface area contributed by atoms with Gasteiger partial charge in [-0.15, -0.1) is 11.3 Å². The summed E-state index contributed by atoms with van der Waals surface area (Å²) in [4.78, 5) is 27.8. The average Bonchev–Trinajstić information content (AvgIpc) is 3.28. The highest BCUT2D eigenvalue weighted by Crippen LogP contribution is 2.25. The monoisotopic (exact) mass is 519 g/mol. The van der Waals surface area contributed by atoms with Gasteiger partial charge in [-0.2, -0.15) is 0 Å². The minimum absolute atomic E-state index is 0.172. The zero-order valence-corrected chi connectivity index (χ0v) is 24.1. The molecule has 7 nitrogen and oxygen atoms in total. The van der Waals surface area contributed by atoms with Gasteiger partial charge >= 0.3 is 6.09 Å². The van der Waals surface area contributed by atoms with Crippen LogP contribution < -0.4 is 10.6 Å². The molecule has 0 fully saturated rings. The van der Waals surface area contributed by atoms with Gasteiger partial charge in [0.25, 0.3) is 0 Å². The van der Waals surface area contributed by atoms with E-state index in [-0.39, 0.29) is 12.5 Å². The van der Waals surface area contributed by atoms with Gasteiger partial charge in [-0.3, -0.25) is 4.79 Å². The Morgan fingerprint density at radius 2 is 1.86 bits per heavy atom. The van der Waals surface area contributed by atoms with Crippen LogP contribution in [0.2, 0.25) is 0 Å². The van der Waals surface area contributed by atoms with Crippen molar-refractivity contribution in [1.29, 1.82) is 0 Å². The largest absolute Gasteiger partial charge is 0.444 e. The number of carbonyl (C=O) groups excluding carboxylic acids is 2. The van der Waals surface area contributed by atoms with Gasteiger partial charge in [-0.25, -0.2) is 9.78 Å².